The summed E-state index contributed by atoms with van der Waals surface area (Å²) in [6.07, 6.45) is 1.55. The number of sulfonamides is 1. The van der Waals surface area contributed by atoms with Crippen molar-refractivity contribution in [3.05, 3.63) is 42.5 Å². The maximum Gasteiger partial charge on any atom is 0.246 e. The number of anilines is 1. The van der Waals surface area contributed by atoms with Crippen LogP contribution in [0.3, 0.4) is 0 Å². The highest BCUT2D eigenvalue weighted by atomic mass is 32.2. The Bertz CT molecular complexity index is 1370. The van der Waals surface area contributed by atoms with Crippen LogP contribution in [0.4, 0.5) is 5.69 Å². The van der Waals surface area contributed by atoms with Gasteiger partial charge in [0, 0.05) is 24.8 Å². The van der Waals surface area contributed by atoms with E-state index in [1.54, 1.807) is 18.9 Å². The van der Waals surface area contributed by atoms with Crippen molar-refractivity contribution in [3.8, 4) is 0 Å². The smallest absolute Gasteiger partial charge is 0.246 e. The van der Waals surface area contributed by atoms with E-state index in [0.717, 1.165) is 17.0 Å². The van der Waals surface area contributed by atoms with E-state index in [1.807, 2.05) is 63.2 Å². The second-order valence-electron chi connectivity index (χ2n) is 11.7. The zero-order chi connectivity index (χ0) is 28.7. The highest BCUT2D eigenvalue weighted by Gasteiger charge is 2.56. The predicted molar refractivity (Wildman–Crippen MR) is 151 cm³/mol. The van der Waals surface area contributed by atoms with E-state index in [4.69, 9.17) is 0 Å². The minimum atomic E-state index is -3.62. The number of nitrogens with zero attached hydrogens (tertiary/aromatic N) is 2. The van der Waals surface area contributed by atoms with Crippen molar-refractivity contribution in [2.24, 2.45) is 11.3 Å². The summed E-state index contributed by atoms with van der Waals surface area (Å²) >= 11 is 0. The van der Waals surface area contributed by atoms with Crippen LogP contribution in [0.25, 0.3) is 10.8 Å². The molecule has 3 N–H and O–H groups in total. The highest BCUT2D eigenvalue weighted by molar-refractivity contribution is 7.88. The van der Waals surface area contributed by atoms with Crippen LogP contribution in [0.1, 0.15) is 34.1 Å². The van der Waals surface area contributed by atoms with E-state index in [9.17, 15) is 22.8 Å². The lowest BCUT2D eigenvalue weighted by Gasteiger charge is -2.37. The summed E-state index contributed by atoms with van der Waals surface area (Å²) in [4.78, 5) is 42.0. The number of rotatable bonds is 7. The Morgan fingerprint density at radius 3 is 2.33 bits per heavy atom. The second kappa shape index (κ2) is 10.9. The van der Waals surface area contributed by atoms with Gasteiger partial charge in [-0.15, -0.1) is 0 Å². The molecule has 0 bridgehead atoms. The lowest BCUT2D eigenvalue weighted by Crippen LogP contribution is -2.59. The van der Waals surface area contributed by atoms with Crippen LogP contribution in [0, 0.1) is 11.3 Å². The van der Waals surface area contributed by atoms with Crippen LogP contribution in [0.2, 0.25) is 0 Å². The first-order valence-electron chi connectivity index (χ1n) is 13.3. The first-order valence-corrected chi connectivity index (χ1v) is 15.1. The molecule has 212 valence electrons. The van der Waals surface area contributed by atoms with Crippen molar-refractivity contribution >= 4 is 44.2 Å². The summed E-state index contributed by atoms with van der Waals surface area (Å²) in [5.74, 6) is -1.73. The molecule has 0 radical (unpaired) electrons. The molecule has 2 aliphatic heterocycles. The van der Waals surface area contributed by atoms with Gasteiger partial charge < -0.3 is 20.9 Å². The molecular formula is C28H39N5O5S. The zero-order valence-corrected chi connectivity index (χ0v) is 24.2. The molecule has 1 unspecified atom stereocenters. The summed E-state index contributed by atoms with van der Waals surface area (Å²) in [7, 11) is -1.95. The average Bonchev–Trinajstić information content (AvgIpc) is 3.46. The van der Waals surface area contributed by atoms with Crippen LogP contribution < -0.4 is 16.0 Å². The predicted octanol–water partition coefficient (Wildman–Crippen LogP) is 1.78. The molecule has 0 aromatic heterocycles. The van der Waals surface area contributed by atoms with Gasteiger partial charge in [-0.25, -0.2) is 8.42 Å². The fourth-order valence-electron chi connectivity index (χ4n) is 5.63. The Morgan fingerprint density at radius 1 is 1.05 bits per heavy atom. The SMILES string of the molecule is CN[C@@H](C)C(=O)N[C@H](C(=O)N1CC[C@@H]2C1[C@@H](C(=O)Nc1ccc3ccccc3c1)CN2S(C)(=O)=O)C(C)(C)C. The third-order valence-electron chi connectivity index (χ3n) is 7.87. The molecule has 11 heteroatoms. The molecule has 2 heterocycles. The molecular weight excluding hydrogens is 518 g/mol. The van der Waals surface area contributed by atoms with E-state index in [0.29, 0.717) is 18.7 Å². The minimum Gasteiger partial charge on any atom is -0.342 e. The molecule has 0 spiro atoms. The van der Waals surface area contributed by atoms with Crippen LogP contribution >= 0.6 is 0 Å². The summed E-state index contributed by atoms with van der Waals surface area (Å²) in [5, 5.41) is 10.7. The summed E-state index contributed by atoms with van der Waals surface area (Å²) in [5.41, 5.74) is -0.0131. The maximum absolute atomic E-state index is 14.0. The Labute approximate surface area is 230 Å². The van der Waals surface area contributed by atoms with Gasteiger partial charge in [-0.05, 0) is 48.7 Å². The number of carbonyl (C=O) groups is 3. The molecule has 0 aliphatic carbocycles. The number of nitrogens with one attached hydrogen (secondary N) is 3. The molecule has 2 aromatic rings. The first kappa shape index (κ1) is 29.0. The first-order chi connectivity index (χ1) is 18.2. The van der Waals surface area contributed by atoms with E-state index in [-0.39, 0.29) is 24.3 Å². The molecule has 2 aliphatic rings. The summed E-state index contributed by atoms with van der Waals surface area (Å²) in [6, 6.07) is 10.9. The largest absolute Gasteiger partial charge is 0.342 e. The Hall–Kier alpha value is -3.02. The summed E-state index contributed by atoms with van der Waals surface area (Å²) in [6.45, 7) is 7.60. The van der Waals surface area contributed by atoms with Crippen molar-refractivity contribution in [1.29, 1.82) is 0 Å². The summed E-state index contributed by atoms with van der Waals surface area (Å²) < 4.78 is 26.7. The van der Waals surface area contributed by atoms with Crippen molar-refractivity contribution in [2.75, 3.05) is 31.7 Å². The van der Waals surface area contributed by atoms with Gasteiger partial charge in [0.1, 0.15) is 6.04 Å². The number of carbonyl (C=O) groups excluding carboxylic acids is 3. The van der Waals surface area contributed by atoms with E-state index >= 15 is 0 Å². The second-order valence-corrected chi connectivity index (χ2v) is 13.6. The van der Waals surface area contributed by atoms with E-state index in [2.05, 4.69) is 16.0 Å². The number of benzene rings is 2. The fraction of sp³-hybridized carbons (Fsp3) is 0.536. The van der Waals surface area contributed by atoms with Crippen LogP contribution in [0.5, 0.6) is 0 Å². The van der Waals surface area contributed by atoms with E-state index < -0.39 is 45.5 Å². The quantitative estimate of drug-likeness (QED) is 0.476. The van der Waals surface area contributed by atoms with Gasteiger partial charge in [0.15, 0.2) is 0 Å². The Balaban J connectivity index is 1.63. The van der Waals surface area contributed by atoms with Crippen molar-refractivity contribution < 1.29 is 22.8 Å². The monoisotopic (exact) mass is 557 g/mol. The molecule has 2 aromatic carbocycles. The van der Waals surface area contributed by atoms with Gasteiger partial charge in [-0.2, -0.15) is 4.31 Å². The number of likely N-dealkylation sites (tertiary alicyclic amines) is 1. The van der Waals surface area contributed by atoms with Gasteiger partial charge in [0.25, 0.3) is 0 Å². The standard InChI is InChI=1S/C28H39N5O5S/c1-17(29-5)25(34)31-24(28(2,3)4)27(36)32-14-13-22-23(32)21(16-33(22)39(6,37)38)26(35)30-20-12-11-18-9-7-8-10-19(18)15-20/h7-12,15,17,21-24,29H,13-14,16H2,1-6H3,(H,30,35)(H,31,34)/t17-,21-,22+,23?,24+/m0/s1. The molecule has 5 atom stereocenters. The molecule has 3 amide bonds. The lowest BCUT2D eigenvalue weighted by molar-refractivity contribution is -0.141. The number of hydrogen-bond acceptors (Lipinski definition) is 6. The molecule has 2 saturated heterocycles. The fourth-order valence-corrected chi connectivity index (χ4v) is 6.78. The molecule has 0 saturated carbocycles. The van der Waals surface area contributed by atoms with E-state index in [1.165, 1.54) is 4.31 Å². The highest BCUT2D eigenvalue weighted by Crippen LogP contribution is 2.39. The number of hydrogen-bond donors (Lipinski definition) is 3. The van der Waals surface area contributed by atoms with Crippen molar-refractivity contribution in [2.45, 2.75) is 58.3 Å². The Morgan fingerprint density at radius 2 is 1.72 bits per heavy atom. The van der Waals surface area contributed by atoms with Crippen molar-refractivity contribution in [1.82, 2.24) is 19.8 Å². The zero-order valence-electron chi connectivity index (χ0n) is 23.4. The molecule has 10 nitrogen and oxygen atoms in total. The number of fused-ring (bicyclic) bond motifs is 2. The van der Waals surface area contributed by atoms with Crippen LogP contribution in [-0.4, -0.2) is 85.9 Å². The topological polar surface area (TPSA) is 128 Å². The minimum absolute atomic E-state index is 0.0132. The molecule has 2 fully saturated rings. The maximum atomic E-state index is 14.0. The third-order valence-corrected chi connectivity index (χ3v) is 9.14. The number of amides is 3. The van der Waals surface area contributed by atoms with Gasteiger partial charge in [0.05, 0.1) is 24.3 Å². The van der Waals surface area contributed by atoms with Gasteiger partial charge in [0.2, 0.25) is 27.7 Å². The van der Waals surface area contributed by atoms with Gasteiger partial charge in [-0.1, -0.05) is 51.1 Å². The van der Waals surface area contributed by atoms with Crippen LogP contribution in [0.15, 0.2) is 42.5 Å². The molecule has 39 heavy (non-hydrogen) atoms. The van der Waals surface area contributed by atoms with Crippen molar-refractivity contribution in [3.63, 3.8) is 0 Å². The van der Waals surface area contributed by atoms with Crippen LogP contribution in [-0.2, 0) is 24.4 Å². The molecule has 4 rings (SSSR count). The third kappa shape index (κ3) is 5.95. The normalized spacial score (nSPS) is 23.3. The Kier molecular flexibility index (Phi) is 8.07. The van der Waals surface area contributed by atoms with Gasteiger partial charge >= 0.3 is 0 Å². The average molecular weight is 558 g/mol. The lowest BCUT2D eigenvalue weighted by atomic mass is 9.85. The number of likely N-dealkylation sites (N-methyl/N-ethyl adjacent to an activating group) is 1. The van der Waals surface area contributed by atoms with Gasteiger partial charge in [-0.3, -0.25) is 14.4 Å².